The van der Waals surface area contributed by atoms with Crippen LogP contribution in [0.1, 0.15) is 0 Å². The van der Waals surface area contributed by atoms with Gasteiger partial charge in [0.15, 0.2) is 0 Å². The van der Waals surface area contributed by atoms with Crippen LogP contribution in [0.5, 0.6) is 0 Å². The average molecular weight is 809 g/mol. The summed E-state index contributed by atoms with van der Waals surface area (Å²) in [6, 6.07) is 81.9. The topological polar surface area (TPSA) is 16.3 Å². The molecule has 2 aromatic heterocycles. The van der Waals surface area contributed by atoms with Crippen LogP contribution in [-0.4, -0.2) is 15.8 Å². The first kappa shape index (κ1) is 35.1. The van der Waals surface area contributed by atoms with Gasteiger partial charge >= 0.3 is 0 Å². The van der Waals surface area contributed by atoms with Crippen molar-refractivity contribution in [2.45, 2.75) is 9.79 Å². The number of hydrogen-bond acceptors (Lipinski definition) is 3. The van der Waals surface area contributed by atoms with Crippen molar-refractivity contribution in [2.24, 2.45) is 0 Å². The molecule has 4 nitrogen and oxygen atoms in total. The Balaban J connectivity index is 1.13. The predicted octanol–water partition coefficient (Wildman–Crippen LogP) is 13.0. The molecule has 0 saturated carbocycles. The highest BCUT2D eigenvalue weighted by Gasteiger charge is 2.41. The third kappa shape index (κ3) is 5.23. The molecule has 9 aromatic carbocycles. The molecule has 13 rings (SSSR count). The molecule has 2 aliphatic rings. The summed E-state index contributed by atoms with van der Waals surface area (Å²) in [5.74, 6) is 0. The van der Waals surface area contributed by atoms with Gasteiger partial charge in [0, 0.05) is 66.1 Å². The lowest BCUT2D eigenvalue weighted by Crippen LogP contribution is -2.58. The van der Waals surface area contributed by atoms with Gasteiger partial charge in [0.2, 0.25) is 6.71 Å². The Bertz CT molecular complexity index is 3420. The van der Waals surface area contributed by atoms with Gasteiger partial charge in [0.1, 0.15) is 0 Å². The maximum Gasteiger partial charge on any atom is 0.249 e. The van der Waals surface area contributed by atoms with Crippen molar-refractivity contribution in [3.8, 4) is 11.4 Å². The summed E-state index contributed by atoms with van der Waals surface area (Å²) in [5, 5.41) is 2.50. The second-order valence-electron chi connectivity index (χ2n) is 16.1. The monoisotopic (exact) mass is 808 g/mol. The zero-order valence-corrected chi connectivity index (χ0v) is 34.5. The van der Waals surface area contributed by atoms with Crippen LogP contribution in [0.4, 0.5) is 34.1 Å². The third-order valence-electron chi connectivity index (χ3n) is 12.7. The number of hydrogen-bond donors (Lipinski definition) is 0. The molecule has 0 saturated heterocycles. The summed E-state index contributed by atoms with van der Waals surface area (Å²) >= 11 is 1.90. The number of aromatic nitrogens is 2. The SMILES string of the molecule is c1ccc(N(c2ccccc2)c2ccc3c(c2)Sc2cc(N(c4ccccc4)c4ccccc4)cc4c2B3c2cccc3c2n-4c2c4ccccc4n(-c4ccccc4)c32)cc1. The average Bonchev–Trinajstić information content (AvgIpc) is 3.86. The first-order valence-electron chi connectivity index (χ1n) is 21.2. The van der Waals surface area contributed by atoms with Gasteiger partial charge in [-0.1, -0.05) is 151 Å². The van der Waals surface area contributed by atoms with E-state index >= 15 is 0 Å². The van der Waals surface area contributed by atoms with Crippen molar-refractivity contribution in [3.63, 3.8) is 0 Å². The van der Waals surface area contributed by atoms with Crippen molar-refractivity contribution in [1.29, 1.82) is 0 Å². The number of benzene rings is 9. The summed E-state index contributed by atoms with van der Waals surface area (Å²) in [5.41, 5.74) is 18.1. The lowest BCUT2D eigenvalue weighted by Gasteiger charge is -2.36. The maximum absolute atomic E-state index is 2.61. The summed E-state index contributed by atoms with van der Waals surface area (Å²) in [4.78, 5) is 7.33. The summed E-state index contributed by atoms with van der Waals surface area (Å²) in [6.07, 6.45) is 0. The molecule has 0 atom stereocenters. The number of para-hydroxylation sites is 7. The minimum Gasteiger partial charge on any atom is -0.310 e. The summed E-state index contributed by atoms with van der Waals surface area (Å²) in [6.45, 7) is 0.0368. The Kier molecular flexibility index (Phi) is 7.90. The lowest BCUT2D eigenvalue weighted by molar-refractivity contribution is 1.16. The number of nitrogens with zero attached hydrogens (tertiary/aromatic N) is 4. The van der Waals surface area contributed by atoms with Crippen LogP contribution in [-0.2, 0) is 0 Å². The number of fused-ring (bicyclic) bond motifs is 9. The molecule has 0 spiro atoms. The zero-order chi connectivity index (χ0) is 40.7. The van der Waals surface area contributed by atoms with Crippen LogP contribution in [0.15, 0.2) is 234 Å². The molecule has 0 amide bonds. The van der Waals surface area contributed by atoms with Gasteiger partial charge in [-0.2, -0.15) is 0 Å². The zero-order valence-electron chi connectivity index (χ0n) is 33.6. The molecule has 0 radical (unpaired) electrons. The van der Waals surface area contributed by atoms with Gasteiger partial charge in [-0.3, -0.25) is 0 Å². The molecular formula is C56H37BN4S. The number of anilines is 6. The van der Waals surface area contributed by atoms with Crippen molar-refractivity contribution in [2.75, 3.05) is 9.80 Å². The van der Waals surface area contributed by atoms with E-state index in [0.29, 0.717) is 0 Å². The minimum atomic E-state index is 0.0368. The molecule has 2 aliphatic heterocycles. The van der Waals surface area contributed by atoms with E-state index in [4.69, 9.17) is 0 Å². The summed E-state index contributed by atoms with van der Waals surface area (Å²) in [7, 11) is 0. The van der Waals surface area contributed by atoms with Gasteiger partial charge < -0.3 is 18.9 Å². The van der Waals surface area contributed by atoms with Crippen LogP contribution < -0.4 is 26.2 Å². The fourth-order valence-electron chi connectivity index (χ4n) is 10.2. The Morgan fingerprint density at radius 2 is 0.871 bits per heavy atom. The van der Waals surface area contributed by atoms with Crippen molar-refractivity contribution in [1.82, 2.24) is 9.13 Å². The lowest BCUT2D eigenvalue weighted by atomic mass is 9.35. The van der Waals surface area contributed by atoms with Gasteiger partial charge in [-0.15, -0.1) is 0 Å². The molecular weight excluding hydrogens is 772 g/mol. The van der Waals surface area contributed by atoms with E-state index in [1.807, 2.05) is 11.8 Å². The highest BCUT2D eigenvalue weighted by atomic mass is 32.2. The standard InChI is InChI=1S/C56H37BN4S/c1-6-19-38(20-7-1)58(39-21-8-2-9-22-39)43-33-34-47-51(36-43)62-52-37-44(59(40-23-10-3-11-24-40)41-25-12-4-13-26-41)35-50-53(52)57(47)48-31-18-30-46-54(48)61(50)55-45-29-16-17-32-49(45)60(56(46)55)42-27-14-5-15-28-42/h1-37H. The molecule has 0 fully saturated rings. The van der Waals surface area contributed by atoms with Crippen LogP contribution in [0.25, 0.3) is 44.2 Å². The van der Waals surface area contributed by atoms with Crippen molar-refractivity contribution in [3.05, 3.63) is 224 Å². The van der Waals surface area contributed by atoms with E-state index in [0.717, 1.165) is 39.8 Å². The molecule has 0 aliphatic carbocycles. The quantitative estimate of drug-likeness (QED) is 0.149. The molecule has 290 valence electrons. The van der Waals surface area contributed by atoms with Crippen molar-refractivity contribution >= 4 is 102 Å². The van der Waals surface area contributed by atoms with Crippen LogP contribution >= 0.6 is 11.8 Å². The fraction of sp³-hybridized carbons (Fsp3) is 0. The Hall–Kier alpha value is -7.67. The minimum absolute atomic E-state index is 0.0368. The van der Waals surface area contributed by atoms with E-state index in [2.05, 4.69) is 243 Å². The third-order valence-corrected chi connectivity index (χ3v) is 13.8. The van der Waals surface area contributed by atoms with E-state index in [-0.39, 0.29) is 6.71 Å². The molecule has 62 heavy (non-hydrogen) atoms. The smallest absolute Gasteiger partial charge is 0.249 e. The Morgan fingerprint density at radius 1 is 0.355 bits per heavy atom. The fourth-order valence-corrected chi connectivity index (χ4v) is 11.4. The maximum atomic E-state index is 2.61. The highest BCUT2D eigenvalue weighted by Crippen LogP contribution is 2.47. The highest BCUT2D eigenvalue weighted by molar-refractivity contribution is 8.00. The normalized spacial score (nSPS) is 12.4. The van der Waals surface area contributed by atoms with E-state index < -0.39 is 0 Å². The predicted molar refractivity (Wildman–Crippen MR) is 262 cm³/mol. The van der Waals surface area contributed by atoms with Gasteiger partial charge in [-0.25, -0.2) is 0 Å². The molecule has 4 heterocycles. The second kappa shape index (κ2) is 13.9. The van der Waals surface area contributed by atoms with Crippen LogP contribution in [0, 0.1) is 0 Å². The van der Waals surface area contributed by atoms with Crippen LogP contribution in [0.3, 0.4) is 0 Å². The van der Waals surface area contributed by atoms with Gasteiger partial charge in [0.05, 0.1) is 22.1 Å². The van der Waals surface area contributed by atoms with E-state index in [9.17, 15) is 0 Å². The van der Waals surface area contributed by atoms with Gasteiger partial charge in [-0.05, 0) is 102 Å². The van der Waals surface area contributed by atoms with Crippen molar-refractivity contribution < 1.29 is 0 Å². The second-order valence-corrected chi connectivity index (χ2v) is 17.2. The first-order chi connectivity index (χ1) is 30.8. The Morgan fingerprint density at radius 3 is 1.50 bits per heavy atom. The molecule has 0 unspecified atom stereocenters. The van der Waals surface area contributed by atoms with Gasteiger partial charge in [0.25, 0.3) is 0 Å². The first-order valence-corrected chi connectivity index (χ1v) is 22.0. The van der Waals surface area contributed by atoms with E-state index in [1.54, 1.807) is 0 Å². The van der Waals surface area contributed by atoms with E-state index in [1.165, 1.54) is 64.7 Å². The largest absolute Gasteiger partial charge is 0.310 e. The Labute approximate surface area is 364 Å². The number of rotatable bonds is 7. The van der Waals surface area contributed by atoms with Crippen LogP contribution in [0.2, 0.25) is 0 Å². The molecule has 0 N–H and O–H groups in total. The molecule has 0 bridgehead atoms. The summed E-state index contributed by atoms with van der Waals surface area (Å²) < 4.78 is 5.09. The molecule has 6 heteroatoms. The molecule has 11 aromatic rings.